The van der Waals surface area contributed by atoms with Crippen molar-refractivity contribution in [1.82, 2.24) is 0 Å². The zero-order chi connectivity index (χ0) is 11.0. The highest BCUT2D eigenvalue weighted by atomic mass is 32.2. The summed E-state index contributed by atoms with van der Waals surface area (Å²) >= 11 is 1.85. The maximum atomic E-state index is 3.97. The van der Waals surface area contributed by atoms with Gasteiger partial charge in [0.1, 0.15) is 0 Å². The SMILES string of the molecule is C=CC1c2ccccc2Sc2ccccc21. The maximum Gasteiger partial charge on any atom is 0.0289 e. The van der Waals surface area contributed by atoms with E-state index in [-0.39, 0.29) is 0 Å². The normalized spacial score (nSPS) is 14.0. The molecule has 3 rings (SSSR count). The third-order valence-corrected chi connectivity index (χ3v) is 4.15. The fourth-order valence-corrected chi connectivity index (χ4v) is 3.36. The molecule has 1 heteroatoms. The Morgan fingerprint density at radius 3 is 1.88 bits per heavy atom. The Morgan fingerprint density at radius 1 is 0.875 bits per heavy atom. The molecule has 0 N–H and O–H groups in total. The predicted octanol–water partition coefficient (Wildman–Crippen LogP) is 4.47. The third-order valence-electron chi connectivity index (χ3n) is 2.96. The molecule has 78 valence electrons. The van der Waals surface area contributed by atoms with E-state index in [2.05, 4.69) is 55.1 Å². The number of hydrogen-bond acceptors (Lipinski definition) is 1. The smallest absolute Gasteiger partial charge is 0.0289 e. The van der Waals surface area contributed by atoms with Crippen molar-refractivity contribution in [2.24, 2.45) is 0 Å². The van der Waals surface area contributed by atoms with E-state index in [4.69, 9.17) is 0 Å². The van der Waals surface area contributed by atoms with E-state index in [9.17, 15) is 0 Å². The second-order valence-electron chi connectivity index (χ2n) is 3.89. The Balaban J connectivity index is 2.23. The van der Waals surface area contributed by atoms with Crippen molar-refractivity contribution in [2.75, 3.05) is 0 Å². The summed E-state index contributed by atoms with van der Waals surface area (Å²) in [6, 6.07) is 17.2. The van der Waals surface area contributed by atoms with Gasteiger partial charge < -0.3 is 0 Å². The lowest BCUT2D eigenvalue weighted by Crippen LogP contribution is -2.05. The van der Waals surface area contributed by atoms with Crippen molar-refractivity contribution in [3.05, 3.63) is 72.3 Å². The van der Waals surface area contributed by atoms with Crippen LogP contribution in [0.4, 0.5) is 0 Å². The second-order valence-corrected chi connectivity index (χ2v) is 4.97. The maximum absolute atomic E-state index is 3.97. The van der Waals surface area contributed by atoms with Gasteiger partial charge in [-0.05, 0) is 23.3 Å². The van der Waals surface area contributed by atoms with Gasteiger partial charge in [-0.3, -0.25) is 0 Å². The van der Waals surface area contributed by atoms with Crippen molar-refractivity contribution in [3.8, 4) is 0 Å². The summed E-state index contributed by atoms with van der Waals surface area (Å²) in [6.45, 7) is 3.97. The Morgan fingerprint density at radius 2 is 1.38 bits per heavy atom. The second kappa shape index (κ2) is 3.84. The van der Waals surface area contributed by atoms with E-state index in [1.807, 2.05) is 17.8 Å². The van der Waals surface area contributed by atoms with Crippen LogP contribution < -0.4 is 0 Å². The van der Waals surface area contributed by atoms with Crippen LogP contribution in [0.1, 0.15) is 17.0 Å². The minimum absolute atomic E-state index is 0.341. The van der Waals surface area contributed by atoms with Gasteiger partial charge in [0.15, 0.2) is 0 Å². The first-order valence-electron chi connectivity index (χ1n) is 5.38. The summed E-state index contributed by atoms with van der Waals surface area (Å²) in [7, 11) is 0. The van der Waals surface area contributed by atoms with Crippen LogP contribution in [0.2, 0.25) is 0 Å². The van der Waals surface area contributed by atoms with Gasteiger partial charge in [-0.1, -0.05) is 54.2 Å². The molecule has 16 heavy (non-hydrogen) atoms. The van der Waals surface area contributed by atoms with Gasteiger partial charge in [-0.15, -0.1) is 6.58 Å². The first kappa shape index (κ1) is 9.73. The lowest BCUT2D eigenvalue weighted by Gasteiger charge is -2.25. The van der Waals surface area contributed by atoms with Crippen LogP contribution in [0.5, 0.6) is 0 Å². The average Bonchev–Trinajstić information content (AvgIpc) is 2.36. The van der Waals surface area contributed by atoms with Gasteiger partial charge in [0.2, 0.25) is 0 Å². The molecular formula is C15H12S. The van der Waals surface area contributed by atoms with Crippen LogP contribution in [0.15, 0.2) is 71.0 Å². The standard InChI is InChI=1S/C15H12S/c1-2-11-12-7-3-5-9-14(12)16-15-10-6-4-8-13(11)15/h2-11H,1H2. The highest BCUT2D eigenvalue weighted by molar-refractivity contribution is 7.99. The molecule has 0 unspecified atom stereocenters. The monoisotopic (exact) mass is 224 g/mol. The molecule has 0 saturated carbocycles. The van der Waals surface area contributed by atoms with Crippen molar-refractivity contribution < 1.29 is 0 Å². The highest BCUT2D eigenvalue weighted by Gasteiger charge is 2.22. The number of fused-ring (bicyclic) bond motifs is 2. The molecule has 0 radical (unpaired) electrons. The molecule has 0 atom stereocenters. The molecule has 1 aliphatic rings. The van der Waals surface area contributed by atoms with Crippen LogP contribution in [-0.2, 0) is 0 Å². The molecule has 0 fully saturated rings. The predicted molar refractivity (Wildman–Crippen MR) is 69.0 cm³/mol. The molecule has 0 amide bonds. The summed E-state index contributed by atoms with van der Waals surface area (Å²) in [5.41, 5.74) is 2.75. The van der Waals surface area contributed by atoms with E-state index >= 15 is 0 Å². The van der Waals surface area contributed by atoms with E-state index in [1.165, 1.54) is 20.9 Å². The van der Waals surface area contributed by atoms with Crippen LogP contribution >= 0.6 is 11.8 Å². The van der Waals surface area contributed by atoms with Crippen molar-refractivity contribution in [3.63, 3.8) is 0 Å². The fraction of sp³-hybridized carbons (Fsp3) is 0.0667. The summed E-state index contributed by atoms with van der Waals surface area (Å²) in [5, 5.41) is 0. The summed E-state index contributed by atoms with van der Waals surface area (Å²) in [5.74, 6) is 0.341. The number of benzene rings is 2. The molecule has 0 saturated heterocycles. The summed E-state index contributed by atoms with van der Waals surface area (Å²) < 4.78 is 0. The topological polar surface area (TPSA) is 0 Å². The Labute approximate surface area is 100 Å². The molecule has 1 aliphatic heterocycles. The largest absolute Gasteiger partial charge is 0.102 e. The van der Waals surface area contributed by atoms with Gasteiger partial charge in [0.25, 0.3) is 0 Å². The minimum Gasteiger partial charge on any atom is -0.102 e. The van der Waals surface area contributed by atoms with Gasteiger partial charge in [-0.25, -0.2) is 0 Å². The van der Waals surface area contributed by atoms with Crippen LogP contribution in [0.3, 0.4) is 0 Å². The van der Waals surface area contributed by atoms with Gasteiger partial charge in [0, 0.05) is 15.7 Å². The molecule has 0 aromatic heterocycles. The van der Waals surface area contributed by atoms with Crippen LogP contribution in [0, 0.1) is 0 Å². The molecule has 2 aromatic carbocycles. The molecule has 0 bridgehead atoms. The van der Waals surface area contributed by atoms with E-state index < -0.39 is 0 Å². The van der Waals surface area contributed by atoms with Crippen molar-refractivity contribution >= 4 is 11.8 Å². The molecule has 0 nitrogen and oxygen atoms in total. The van der Waals surface area contributed by atoms with E-state index in [0.717, 1.165) is 0 Å². The number of hydrogen-bond donors (Lipinski definition) is 0. The van der Waals surface area contributed by atoms with Gasteiger partial charge in [0.05, 0.1) is 0 Å². The van der Waals surface area contributed by atoms with Crippen molar-refractivity contribution in [2.45, 2.75) is 15.7 Å². The Kier molecular flexibility index (Phi) is 2.33. The number of rotatable bonds is 1. The van der Waals surface area contributed by atoms with Crippen LogP contribution in [-0.4, -0.2) is 0 Å². The van der Waals surface area contributed by atoms with Crippen LogP contribution in [0.25, 0.3) is 0 Å². The van der Waals surface area contributed by atoms with Gasteiger partial charge in [-0.2, -0.15) is 0 Å². The Bertz CT molecular complexity index is 497. The minimum atomic E-state index is 0.341. The molecular weight excluding hydrogens is 212 g/mol. The van der Waals surface area contributed by atoms with Crippen molar-refractivity contribution in [1.29, 1.82) is 0 Å². The Hall–Kier alpha value is -1.47. The zero-order valence-electron chi connectivity index (χ0n) is 8.89. The summed E-state index contributed by atoms with van der Waals surface area (Å²) in [6.07, 6.45) is 2.04. The fourth-order valence-electron chi connectivity index (χ4n) is 2.20. The highest BCUT2D eigenvalue weighted by Crippen LogP contribution is 2.45. The lowest BCUT2D eigenvalue weighted by atomic mass is 9.91. The van der Waals surface area contributed by atoms with E-state index in [1.54, 1.807) is 0 Å². The first-order chi connectivity index (χ1) is 7.90. The molecule has 0 spiro atoms. The third kappa shape index (κ3) is 1.40. The average molecular weight is 224 g/mol. The molecule has 2 aromatic rings. The quantitative estimate of drug-likeness (QED) is 0.644. The molecule has 0 aliphatic carbocycles. The first-order valence-corrected chi connectivity index (χ1v) is 6.20. The zero-order valence-corrected chi connectivity index (χ0v) is 9.71. The lowest BCUT2D eigenvalue weighted by molar-refractivity contribution is 0.939. The van der Waals surface area contributed by atoms with E-state index in [0.29, 0.717) is 5.92 Å². The van der Waals surface area contributed by atoms with Gasteiger partial charge >= 0.3 is 0 Å². The molecule has 1 heterocycles. The number of allylic oxidation sites excluding steroid dienone is 1. The summed E-state index contributed by atoms with van der Waals surface area (Å²) in [4.78, 5) is 2.71.